The molecule has 1 amide bonds. The van der Waals surface area contributed by atoms with Gasteiger partial charge in [-0.05, 0) is 32.4 Å². The fraction of sp³-hybridized carbons (Fsp3) is 0.417. The highest BCUT2D eigenvalue weighted by atomic mass is 16.3. The number of aromatic hydroxyl groups is 1. The molecule has 0 fully saturated rings. The average molecular weight is 222 g/mol. The Hall–Kier alpha value is -1.55. The zero-order valence-corrected chi connectivity index (χ0v) is 9.66. The summed E-state index contributed by atoms with van der Waals surface area (Å²) >= 11 is 0. The van der Waals surface area contributed by atoms with E-state index in [-0.39, 0.29) is 17.2 Å². The Morgan fingerprint density at radius 1 is 1.50 bits per heavy atom. The fourth-order valence-corrected chi connectivity index (χ4v) is 1.24. The molecule has 4 N–H and O–H groups in total. The Labute approximate surface area is 95.5 Å². The van der Waals surface area contributed by atoms with Crippen molar-refractivity contribution < 1.29 is 9.90 Å². The monoisotopic (exact) mass is 222 g/mol. The minimum Gasteiger partial charge on any atom is -0.508 e. The number of anilines is 1. The standard InChI is InChI=1S/C12H18N2O2/c1-12(2,13)7-6-11(16)14-9-4-3-5-10(15)8-9/h3-5,8,15H,6-7,13H2,1-2H3,(H,14,16). The number of carbonyl (C=O) groups is 1. The third-order valence-electron chi connectivity index (χ3n) is 2.13. The van der Waals surface area contributed by atoms with E-state index >= 15 is 0 Å². The third-order valence-corrected chi connectivity index (χ3v) is 2.13. The predicted octanol–water partition coefficient (Wildman–Crippen LogP) is 1.85. The van der Waals surface area contributed by atoms with Gasteiger partial charge in [0.15, 0.2) is 0 Å². The smallest absolute Gasteiger partial charge is 0.224 e. The Kier molecular flexibility index (Phi) is 3.90. The molecule has 0 saturated carbocycles. The second kappa shape index (κ2) is 4.99. The highest BCUT2D eigenvalue weighted by Crippen LogP contribution is 2.16. The fourth-order valence-electron chi connectivity index (χ4n) is 1.24. The molecule has 0 aliphatic rings. The molecule has 0 spiro atoms. The third kappa shape index (κ3) is 4.79. The minimum absolute atomic E-state index is 0.0934. The van der Waals surface area contributed by atoms with E-state index in [1.807, 2.05) is 13.8 Å². The van der Waals surface area contributed by atoms with E-state index in [0.29, 0.717) is 18.5 Å². The normalized spacial score (nSPS) is 11.2. The lowest BCUT2D eigenvalue weighted by Crippen LogP contribution is -2.33. The summed E-state index contributed by atoms with van der Waals surface area (Å²) in [6.45, 7) is 3.77. The van der Waals surface area contributed by atoms with E-state index in [9.17, 15) is 9.90 Å². The molecule has 0 bridgehead atoms. The van der Waals surface area contributed by atoms with Crippen molar-refractivity contribution >= 4 is 11.6 Å². The first-order valence-corrected chi connectivity index (χ1v) is 5.24. The molecule has 4 nitrogen and oxygen atoms in total. The summed E-state index contributed by atoms with van der Waals surface area (Å²) in [4.78, 5) is 11.5. The van der Waals surface area contributed by atoms with E-state index in [1.54, 1.807) is 18.2 Å². The van der Waals surface area contributed by atoms with E-state index in [2.05, 4.69) is 5.32 Å². The van der Waals surface area contributed by atoms with Gasteiger partial charge in [0.1, 0.15) is 5.75 Å². The Balaban J connectivity index is 2.46. The van der Waals surface area contributed by atoms with Crippen molar-refractivity contribution in [2.45, 2.75) is 32.2 Å². The Morgan fingerprint density at radius 3 is 2.75 bits per heavy atom. The molecule has 0 atom stereocenters. The lowest BCUT2D eigenvalue weighted by atomic mass is 10.00. The van der Waals surface area contributed by atoms with Crippen LogP contribution in [0.4, 0.5) is 5.69 Å². The van der Waals surface area contributed by atoms with E-state index in [1.165, 1.54) is 6.07 Å². The second-order valence-electron chi connectivity index (χ2n) is 4.59. The molecule has 1 aromatic rings. The van der Waals surface area contributed by atoms with E-state index in [4.69, 9.17) is 5.73 Å². The van der Waals surface area contributed by atoms with Gasteiger partial charge in [-0.1, -0.05) is 6.07 Å². The van der Waals surface area contributed by atoms with Gasteiger partial charge in [-0.3, -0.25) is 4.79 Å². The molecule has 88 valence electrons. The van der Waals surface area contributed by atoms with Gasteiger partial charge in [-0.15, -0.1) is 0 Å². The summed E-state index contributed by atoms with van der Waals surface area (Å²) in [6.07, 6.45) is 0.997. The molecule has 0 unspecified atom stereocenters. The zero-order chi connectivity index (χ0) is 12.2. The number of benzene rings is 1. The largest absolute Gasteiger partial charge is 0.508 e. The van der Waals surface area contributed by atoms with Crippen LogP contribution in [0.2, 0.25) is 0 Å². The average Bonchev–Trinajstić information content (AvgIpc) is 2.14. The highest BCUT2D eigenvalue weighted by molar-refractivity contribution is 5.90. The van der Waals surface area contributed by atoms with Crippen molar-refractivity contribution in [3.63, 3.8) is 0 Å². The highest BCUT2D eigenvalue weighted by Gasteiger charge is 2.13. The van der Waals surface area contributed by atoms with Crippen molar-refractivity contribution in [2.75, 3.05) is 5.32 Å². The van der Waals surface area contributed by atoms with Crippen LogP contribution in [-0.2, 0) is 4.79 Å². The number of phenols is 1. The molecule has 0 aliphatic carbocycles. The van der Waals surface area contributed by atoms with Crippen LogP contribution in [0.5, 0.6) is 5.75 Å². The van der Waals surface area contributed by atoms with Crippen LogP contribution in [0.15, 0.2) is 24.3 Å². The maximum Gasteiger partial charge on any atom is 0.224 e. The number of phenolic OH excluding ortho intramolecular Hbond substituents is 1. The number of nitrogens with one attached hydrogen (secondary N) is 1. The van der Waals surface area contributed by atoms with Crippen molar-refractivity contribution in [3.8, 4) is 5.75 Å². The number of hydrogen-bond acceptors (Lipinski definition) is 3. The van der Waals surface area contributed by atoms with Crippen LogP contribution in [0.25, 0.3) is 0 Å². The van der Waals surface area contributed by atoms with Gasteiger partial charge in [0.2, 0.25) is 5.91 Å². The van der Waals surface area contributed by atoms with Gasteiger partial charge >= 0.3 is 0 Å². The van der Waals surface area contributed by atoms with Crippen LogP contribution in [0.3, 0.4) is 0 Å². The zero-order valence-electron chi connectivity index (χ0n) is 9.66. The number of carbonyl (C=O) groups excluding carboxylic acids is 1. The molecule has 1 rings (SSSR count). The lowest BCUT2D eigenvalue weighted by molar-refractivity contribution is -0.116. The second-order valence-corrected chi connectivity index (χ2v) is 4.59. The maximum atomic E-state index is 11.5. The Morgan fingerprint density at radius 2 is 2.19 bits per heavy atom. The lowest BCUT2D eigenvalue weighted by Gasteiger charge is -2.17. The molecule has 0 saturated heterocycles. The van der Waals surface area contributed by atoms with Crippen molar-refractivity contribution in [1.82, 2.24) is 0 Å². The molecule has 0 radical (unpaired) electrons. The van der Waals surface area contributed by atoms with Crippen molar-refractivity contribution in [2.24, 2.45) is 5.73 Å². The topological polar surface area (TPSA) is 75.4 Å². The van der Waals surface area contributed by atoms with Crippen molar-refractivity contribution in [1.29, 1.82) is 0 Å². The number of hydrogen-bond donors (Lipinski definition) is 3. The van der Waals surface area contributed by atoms with E-state index < -0.39 is 0 Å². The number of amides is 1. The molecular weight excluding hydrogens is 204 g/mol. The summed E-state index contributed by atoms with van der Waals surface area (Å²) in [5, 5.41) is 11.9. The van der Waals surface area contributed by atoms with Gasteiger partial charge in [0.25, 0.3) is 0 Å². The first-order chi connectivity index (χ1) is 7.37. The van der Waals surface area contributed by atoms with Gasteiger partial charge in [-0.2, -0.15) is 0 Å². The Bertz CT molecular complexity index is 370. The molecule has 0 aliphatic heterocycles. The van der Waals surface area contributed by atoms with Crippen LogP contribution in [0, 0.1) is 0 Å². The molecular formula is C12H18N2O2. The maximum absolute atomic E-state index is 11.5. The summed E-state index contributed by atoms with van der Waals surface area (Å²) in [5.41, 5.74) is 6.04. The van der Waals surface area contributed by atoms with Crippen LogP contribution in [0.1, 0.15) is 26.7 Å². The molecule has 0 aromatic heterocycles. The molecule has 1 aromatic carbocycles. The van der Waals surface area contributed by atoms with Gasteiger partial charge < -0.3 is 16.2 Å². The SMILES string of the molecule is CC(C)(N)CCC(=O)Nc1cccc(O)c1. The number of nitrogens with two attached hydrogens (primary N) is 1. The predicted molar refractivity (Wildman–Crippen MR) is 64.2 cm³/mol. The van der Waals surface area contributed by atoms with Crippen LogP contribution >= 0.6 is 0 Å². The van der Waals surface area contributed by atoms with Gasteiger partial charge in [0.05, 0.1) is 0 Å². The van der Waals surface area contributed by atoms with E-state index in [0.717, 1.165) is 0 Å². The number of rotatable bonds is 4. The van der Waals surface area contributed by atoms with Crippen molar-refractivity contribution in [3.05, 3.63) is 24.3 Å². The quantitative estimate of drug-likeness (QED) is 0.727. The summed E-state index contributed by atoms with van der Waals surface area (Å²) in [6, 6.07) is 6.47. The van der Waals surface area contributed by atoms with Crippen LogP contribution < -0.4 is 11.1 Å². The van der Waals surface area contributed by atoms with Crippen LogP contribution in [-0.4, -0.2) is 16.6 Å². The molecule has 16 heavy (non-hydrogen) atoms. The summed E-state index contributed by atoms with van der Waals surface area (Å²) < 4.78 is 0. The minimum atomic E-state index is -0.337. The molecule has 4 heteroatoms. The molecule has 0 heterocycles. The van der Waals surface area contributed by atoms with Gasteiger partial charge in [-0.25, -0.2) is 0 Å². The summed E-state index contributed by atoms with van der Waals surface area (Å²) in [7, 11) is 0. The van der Waals surface area contributed by atoms with Gasteiger partial charge in [0, 0.05) is 23.7 Å². The summed E-state index contributed by atoms with van der Waals surface area (Å²) in [5.74, 6) is 0.0427. The first kappa shape index (κ1) is 12.5. The first-order valence-electron chi connectivity index (χ1n) is 5.24.